The van der Waals surface area contributed by atoms with Crippen molar-refractivity contribution >= 4 is 33.5 Å². The summed E-state index contributed by atoms with van der Waals surface area (Å²) in [6, 6.07) is 22.2. The molecule has 7 aromatic rings. The van der Waals surface area contributed by atoms with Crippen LogP contribution >= 0.6 is 0 Å². The van der Waals surface area contributed by atoms with Crippen molar-refractivity contribution in [3.05, 3.63) is 115 Å². The number of aromatic amines is 2. The van der Waals surface area contributed by atoms with E-state index in [0.717, 1.165) is 44.2 Å². The molecule has 42 heavy (non-hydrogen) atoms. The van der Waals surface area contributed by atoms with E-state index in [4.69, 9.17) is 0 Å². The second-order valence-corrected chi connectivity index (χ2v) is 10.2. The summed E-state index contributed by atoms with van der Waals surface area (Å²) in [6.45, 7) is 1.86. The van der Waals surface area contributed by atoms with E-state index in [2.05, 4.69) is 35.5 Å². The third-order valence-electron chi connectivity index (χ3n) is 7.10. The minimum absolute atomic E-state index is 0.119. The molecule has 3 N–H and O–H groups in total. The molecule has 204 valence electrons. The van der Waals surface area contributed by atoms with Crippen LogP contribution in [-0.4, -0.2) is 36.0 Å². The Morgan fingerprint density at radius 2 is 1.71 bits per heavy atom. The summed E-state index contributed by atoms with van der Waals surface area (Å²) in [4.78, 5) is 29.5. The van der Waals surface area contributed by atoms with Gasteiger partial charge in [0.1, 0.15) is 11.5 Å². The molecule has 0 radical (unpaired) electrons. The van der Waals surface area contributed by atoms with Crippen LogP contribution in [0.5, 0.6) is 0 Å². The van der Waals surface area contributed by atoms with Gasteiger partial charge in [-0.3, -0.25) is 19.9 Å². The van der Waals surface area contributed by atoms with E-state index in [1.54, 1.807) is 24.8 Å². The van der Waals surface area contributed by atoms with Crippen LogP contribution in [-0.2, 0) is 11.2 Å². The lowest BCUT2D eigenvalue weighted by molar-refractivity contribution is -0.115. The highest BCUT2D eigenvalue weighted by molar-refractivity contribution is 6.00. The summed E-state index contributed by atoms with van der Waals surface area (Å²) < 4.78 is 14.2. The molecular formula is C33H24FN7O. The van der Waals surface area contributed by atoms with Gasteiger partial charge in [0.25, 0.3) is 0 Å². The number of pyridine rings is 3. The topological polar surface area (TPSA) is 112 Å². The number of hydrogen-bond acceptors (Lipinski definition) is 5. The fourth-order valence-corrected chi connectivity index (χ4v) is 5.20. The SMILES string of the molecule is Cc1cc(F)cc(-c2nccc3[nH]c(-c4n[nH]c5ncc(-c6cncc(NC(=O)Cc7ccccc7)c6)cc45)cc23)c1. The van der Waals surface area contributed by atoms with Crippen molar-refractivity contribution in [2.75, 3.05) is 5.32 Å². The second kappa shape index (κ2) is 10.4. The summed E-state index contributed by atoms with van der Waals surface area (Å²) >= 11 is 0. The number of halogens is 1. The molecule has 2 aromatic carbocycles. The predicted molar refractivity (Wildman–Crippen MR) is 161 cm³/mol. The van der Waals surface area contributed by atoms with Gasteiger partial charge >= 0.3 is 0 Å². The molecule has 0 aliphatic rings. The van der Waals surface area contributed by atoms with Crippen LogP contribution in [0.25, 0.3) is 55.7 Å². The first-order chi connectivity index (χ1) is 20.5. The summed E-state index contributed by atoms with van der Waals surface area (Å²) in [5.41, 5.74) is 8.35. The second-order valence-electron chi connectivity index (χ2n) is 10.2. The zero-order valence-corrected chi connectivity index (χ0v) is 22.5. The van der Waals surface area contributed by atoms with Crippen molar-refractivity contribution in [3.63, 3.8) is 0 Å². The van der Waals surface area contributed by atoms with Gasteiger partial charge in [-0.25, -0.2) is 9.37 Å². The van der Waals surface area contributed by atoms with E-state index in [0.29, 0.717) is 28.3 Å². The van der Waals surface area contributed by atoms with Crippen LogP contribution in [0.2, 0.25) is 0 Å². The molecule has 0 fully saturated rings. The molecule has 8 nitrogen and oxygen atoms in total. The highest BCUT2D eigenvalue weighted by Crippen LogP contribution is 2.34. The lowest BCUT2D eigenvalue weighted by atomic mass is 10.0. The highest BCUT2D eigenvalue weighted by atomic mass is 19.1. The first-order valence-electron chi connectivity index (χ1n) is 13.4. The van der Waals surface area contributed by atoms with Crippen LogP contribution in [0, 0.1) is 12.7 Å². The normalized spacial score (nSPS) is 11.3. The molecule has 7 rings (SSSR count). The average molecular weight is 554 g/mol. The van der Waals surface area contributed by atoms with Crippen LogP contribution in [0.3, 0.4) is 0 Å². The minimum atomic E-state index is -0.300. The molecule has 0 atom stereocenters. The Hall–Kier alpha value is -5.70. The van der Waals surface area contributed by atoms with Gasteiger partial charge < -0.3 is 10.3 Å². The van der Waals surface area contributed by atoms with Crippen LogP contribution < -0.4 is 5.32 Å². The number of carbonyl (C=O) groups excluding carboxylic acids is 1. The summed E-state index contributed by atoms with van der Waals surface area (Å²) in [6.07, 6.45) is 7.09. The van der Waals surface area contributed by atoms with Crippen molar-refractivity contribution in [3.8, 4) is 33.8 Å². The molecule has 9 heteroatoms. The quantitative estimate of drug-likeness (QED) is 0.208. The largest absolute Gasteiger partial charge is 0.353 e. The number of aryl methyl sites for hydroxylation is 1. The molecular weight excluding hydrogens is 529 g/mol. The van der Waals surface area contributed by atoms with Gasteiger partial charge in [-0.05, 0) is 60.5 Å². The van der Waals surface area contributed by atoms with Crippen LogP contribution in [0.1, 0.15) is 11.1 Å². The third kappa shape index (κ3) is 4.88. The molecule has 0 aliphatic heterocycles. The van der Waals surface area contributed by atoms with E-state index >= 15 is 0 Å². The van der Waals surface area contributed by atoms with Gasteiger partial charge in [-0.15, -0.1) is 0 Å². The number of anilines is 1. The van der Waals surface area contributed by atoms with Crippen LogP contribution in [0.15, 0.2) is 97.6 Å². The number of fused-ring (bicyclic) bond motifs is 2. The maximum absolute atomic E-state index is 14.2. The number of amides is 1. The number of nitrogens with zero attached hydrogens (tertiary/aromatic N) is 4. The smallest absolute Gasteiger partial charge is 0.228 e. The number of aromatic nitrogens is 6. The molecule has 0 aliphatic carbocycles. The highest BCUT2D eigenvalue weighted by Gasteiger charge is 2.16. The number of benzene rings is 2. The number of carbonyl (C=O) groups is 1. The monoisotopic (exact) mass is 553 g/mol. The molecule has 0 bridgehead atoms. The van der Waals surface area contributed by atoms with E-state index in [1.165, 1.54) is 12.1 Å². The lowest BCUT2D eigenvalue weighted by Gasteiger charge is -2.07. The fourth-order valence-electron chi connectivity index (χ4n) is 5.20. The molecule has 0 spiro atoms. The van der Waals surface area contributed by atoms with Gasteiger partial charge in [-0.2, -0.15) is 5.10 Å². The van der Waals surface area contributed by atoms with E-state index in [-0.39, 0.29) is 18.1 Å². The maximum Gasteiger partial charge on any atom is 0.228 e. The van der Waals surface area contributed by atoms with Gasteiger partial charge in [0.05, 0.1) is 29.7 Å². The standard InChI is InChI=1S/C33H24FN7O/c1-19-9-21(12-24(34)10-19)31-26-15-29(39-28(26)7-8-36-31)32-27-14-23(17-37-33(27)41-40-32)22-13-25(18-35-16-22)38-30(42)11-20-5-3-2-4-6-20/h2-10,12-18,39H,11H2,1H3,(H,38,42)(H,37,40,41). The molecule has 0 saturated heterocycles. The van der Waals surface area contributed by atoms with E-state index in [1.807, 2.05) is 67.6 Å². The van der Waals surface area contributed by atoms with E-state index in [9.17, 15) is 9.18 Å². The van der Waals surface area contributed by atoms with Crippen molar-refractivity contribution in [2.24, 2.45) is 0 Å². The van der Waals surface area contributed by atoms with Crippen molar-refractivity contribution in [1.82, 2.24) is 30.1 Å². The molecule has 0 saturated carbocycles. The first kappa shape index (κ1) is 25.3. The Morgan fingerprint density at radius 1 is 0.857 bits per heavy atom. The number of rotatable bonds is 6. The zero-order valence-electron chi connectivity index (χ0n) is 22.5. The number of nitrogens with one attached hydrogen (secondary N) is 3. The Bertz CT molecular complexity index is 2080. The summed E-state index contributed by atoms with van der Waals surface area (Å²) in [7, 11) is 0. The molecule has 5 heterocycles. The fraction of sp³-hybridized carbons (Fsp3) is 0.0606. The maximum atomic E-state index is 14.2. The minimum Gasteiger partial charge on any atom is -0.353 e. The van der Waals surface area contributed by atoms with Gasteiger partial charge in [0, 0.05) is 51.6 Å². The van der Waals surface area contributed by atoms with Crippen molar-refractivity contribution in [1.29, 1.82) is 0 Å². The average Bonchev–Trinajstić information content (AvgIpc) is 3.61. The molecule has 5 aromatic heterocycles. The number of H-pyrrole nitrogens is 2. The first-order valence-corrected chi connectivity index (χ1v) is 13.4. The molecule has 0 unspecified atom stereocenters. The third-order valence-corrected chi connectivity index (χ3v) is 7.10. The summed E-state index contributed by atoms with van der Waals surface area (Å²) in [5, 5.41) is 12.2. The van der Waals surface area contributed by atoms with Crippen LogP contribution in [0.4, 0.5) is 10.1 Å². The van der Waals surface area contributed by atoms with Gasteiger partial charge in [-0.1, -0.05) is 30.3 Å². The van der Waals surface area contributed by atoms with Gasteiger partial charge in [0.15, 0.2) is 5.65 Å². The van der Waals surface area contributed by atoms with Crippen molar-refractivity contribution in [2.45, 2.75) is 13.3 Å². The van der Waals surface area contributed by atoms with Crippen molar-refractivity contribution < 1.29 is 9.18 Å². The van der Waals surface area contributed by atoms with Gasteiger partial charge in [0.2, 0.25) is 5.91 Å². The lowest BCUT2D eigenvalue weighted by Crippen LogP contribution is -2.14. The Labute approximate surface area is 239 Å². The Kier molecular flexibility index (Phi) is 6.24. The Morgan fingerprint density at radius 3 is 2.57 bits per heavy atom. The zero-order chi connectivity index (χ0) is 28.6. The molecule has 1 amide bonds. The summed E-state index contributed by atoms with van der Waals surface area (Å²) in [5.74, 6) is -0.419. The van der Waals surface area contributed by atoms with E-state index < -0.39 is 0 Å². The Balaban J connectivity index is 1.22. The number of hydrogen-bond donors (Lipinski definition) is 3. The predicted octanol–water partition coefficient (Wildman–Crippen LogP) is 6.86.